The van der Waals surface area contributed by atoms with Crippen molar-refractivity contribution in [1.29, 1.82) is 0 Å². The van der Waals surface area contributed by atoms with Gasteiger partial charge < -0.3 is 10.4 Å². The number of rotatable bonds is 2. The molecule has 19 heavy (non-hydrogen) atoms. The molecule has 1 heterocycles. The molecule has 0 bridgehead atoms. The molecule has 0 saturated heterocycles. The number of aromatic hydroxyl groups is 1. The van der Waals surface area contributed by atoms with E-state index in [-0.39, 0.29) is 11.7 Å². The summed E-state index contributed by atoms with van der Waals surface area (Å²) in [5, 5.41) is 12.0. The van der Waals surface area contributed by atoms with Crippen LogP contribution >= 0.6 is 31.9 Å². The van der Waals surface area contributed by atoms with Crippen LogP contribution in [0, 0.1) is 6.92 Å². The fourth-order valence-corrected chi connectivity index (χ4v) is 2.42. The molecule has 0 aliphatic heterocycles. The lowest BCUT2D eigenvalue weighted by molar-refractivity contribution is 0.102. The van der Waals surface area contributed by atoms with E-state index in [4.69, 9.17) is 0 Å². The first-order valence-corrected chi connectivity index (χ1v) is 6.85. The summed E-state index contributed by atoms with van der Waals surface area (Å²) < 4.78 is 1.00. The largest absolute Gasteiger partial charge is 0.508 e. The third-order valence-electron chi connectivity index (χ3n) is 2.39. The van der Waals surface area contributed by atoms with Gasteiger partial charge in [-0.15, -0.1) is 0 Å². The van der Waals surface area contributed by atoms with Crippen molar-refractivity contribution in [2.45, 2.75) is 6.92 Å². The molecule has 2 rings (SSSR count). The van der Waals surface area contributed by atoms with Crippen molar-refractivity contribution >= 4 is 43.6 Å². The second-order valence-corrected chi connectivity index (χ2v) is 5.35. The maximum Gasteiger partial charge on any atom is 0.257 e. The summed E-state index contributed by atoms with van der Waals surface area (Å²) in [7, 11) is 0. The minimum Gasteiger partial charge on any atom is -0.508 e. The Bertz CT molecular complexity index is 647. The summed E-state index contributed by atoms with van der Waals surface area (Å²) in [6.07, 6.45) is 1.49. The smallest absolute Gasteiger partial charge is 0.257 e. The van der Waals surface area contributed by atoms with Gasteiger partial charge in [0, 0.05) is 5.56 Å². The number of phenolic OH excluding ortho intramolecular Hbond substituents is 1. The van der Waals surface area contributed by atoms with Gasteiger partial charge in [0.15, 0.2) is 5.82 Å². The lowest BCUT2D eigenvalue weighted by Gasteiger charge is -2.08. The van der Waals surface area contributed by atoms with Gasteiger partial charge in [0.05, 0.1) is 6.20 Å². The molecule has 0 spiro atoms. The Kier molecular flexibility index (Phi) is 4.16. The molecule has 7 heteroatoms. The quantitative estimate of drug-likeness (QED) is 0.830. The molecule has 1 aromatic heterocycles. The van der Waals surface area contributed by atoms with Crippen LogP contribution in [0.1, 0.15) is 15.9 Å². The Hall–Kier alpha value is -1.47. The summed E-state index contributed by atoms with van der Waals surface area (Å²) in [4.78, 5) is 20.2. The summed E-state index contributed by atoms with van der Waals surface area (Å²) >= 11 is 6.40. The van der Waals surface area contributed by atoms with Gasteiger partial charge in [0.25, 0.3) is 5.91 Å². The average Bonchev–Trinajstić information content (AvgIpc) is 2.32. The molecule has 2 aromatic rings. The Morgan fingerprint density at radius 3 is 2.74 bits per heavy atom. The number of halogens is 2. The normalized spacial score (nSPS) is 10.3. The fourth-order valence-electron chi connectivity index (χ4n) is 1.51. The van der Waals surface area contributed by atoms with Crippen LogP contribution in [-0.2, 0) is 0 Å². The molecule has 0 aliphatic carbocycles. The van der Waals surface area contributed by atoms with Crippen molar-refractivity contribution in [3.05, 3.63) is 44.7 Å². The van der Waals surface area contributed by atoms with Gasteiger partial charge in [-0.2, -0.15) is 0 Å². The van der Waals surface area contributed by atoms with Gasteiger partial charge in [-0.05, 0) is 62.5 Å². The van der Waals surface area contributed by atoms with Crippen molar-refractivity contribution in [3.63, 3.8) is 0 Å². The number of amides is 1. The molecular formula is C12H9Br2N3O2. The van der Waals surface area contributed by atoms with Gasteiger partial charge >= 0.3 is 0 Å². The highest BCUT2D eigenvalue weighted by atomic mass is 79.9. The van der Waals surface area contributed by atoms with Crippen LogP contribution in [0.2, 0.25) is 0 Å². The predicted molar refractivity (Wildman–Crippen MR) is 78.2 cm³/mol. The number of aryl methyl sites for hydroxylation is 1. The first-order chi connectivity index (χ1) is 8.97. The number of nitrogens with zero attached hydrogens (tertiary/aromatic N) is 2. The van der Waals surface area contributed by atoms with E-state index in [9.17, 15) is 9.90 Å². The third-order valence-corrected chi connectivity index (χ3v) is 3.32. The van der Waals surface area contributed by atoms with E-state index in [1.165, 1.54) is 18.3 Å². The van der Waals surface area contributed by atoms with Crippen molar-refractivity contribution in [3.8, 4) is 5.75 Å². The average molecular weight is 387 g/mol. The zero-order valence-electron chi connectivity index (χ0n) is 9.82. The third kappa shape index (κ3) is 3.30. The molecule has 1 amide bonds. The highest BCUT2D eigenvalue weighted by Gasteiger charge is 2.13. The highest BCUT2D eigenvalue weighted by Crippen LogP contribution is 2.21. The van der Waals surface area contributed by atoms with E-state index in [0.29, 0.717) is 26.2 Å². The minimum absolute atomic E-state index is 0.124. The number of phenols is 1. The van der Waals surface area contributed by atoms with Crippen molar-refractivity contribution in [2.24, 2.45) is 0 Å². The first kappa shape index (κ1) is 14.0. The summed E-state index contributed by atoms with van der Waals surface area (Å²) in [5.74, 6) is 0.147. The van der Waals surface area contributed by atoms with Crippen molar-refractivity contribution < 1.29 is 9.90 Å². The molecular weight excluding hydrogens is 378 g/mol. The number of nitrogens with one attached hydrogen (secondary N) is 1. The second-order valence-electron chi connectivity index (χ2n) is 3.79. The van der Waals surface area contributed by atoms with Gasteiger partial charge in [0.2, 0.25) is 0 Å². The van der Waals surface area contributed by atoms with Crippen LogP contribution in [0.3, 0.4) is 0 Å². The lowest BCUT2D eigenvalue weighted by Crippen LogP contribution is -2.15. The number of hydrogen-bond acceptors (Lipinski definition) is 4. The number of benzene rings is 1. The first-order valence-electron chi connectivity index (χ1n) is 5.26. The molecule has 0 fully saturated rings. The van der Waals surface area contributed by atoms with Crippen LogP contribution in [-0.4, -0.2) is 21.0 Å². The number of carbonyl (C=O) groups is 1. The summed E-state index contributed by atoms with van der Waals surface area (Å²) in [6, 6.07) is 4.54. The number of anilines is 1. The topological polar surface area (TPSA) is 75.1 Å². The van der Waals surface area contributed by atoms with Gasteiger partial charge in [-0.25, -0.2) is 9.97 Å². The Labute approximate surface area is 126 Å². The standard InChI is InChI=1S/C12H9Br2N3O2/c1-6-4-7(18)2-3-8(6)12(19)17-11-10(14)16-9(13)5-15-11/h2-5,18H,1H3,(H,15,17,19). The molecule has 1 aromatic carbocycles. The highest BCUT2D eigenvalue weighted by molar-refractivity contribution is 9.11. The second kappa shape index (κ2) is 5.66. The van der Waals surface area contributed by atoms with Gasteiger partial charge in [-0.3, -0.25) is 4.79 Å². The van der Waals surface area contributed by atoms with Gasteiger partial charge in [-0.1, -0.05) is 0 Å². The number of carbonyl (C=O) groups excluding carboxylic acids is 1. The van der Waals surface area contributed by atoms with Crippen LogP contribution < -0.4 is 5.32 Å². The molecule has 0 saturated carbocycles. The van der Waals surface area contributed by atoms with Crippen LogP contribution in [0.15, 0.2) is 33.6 Å². The van der Waals surface area contributed by atoms with Gasteiger partial charge in [0.1, 0.15) is 15.0 Å². The van der Waals surface area contributed by atoms with Crippen molar-refractivity contribution in [1.82, 2.24) is 9.97 Å². The van der Waals surface area contributed by atoms with Crippen LogP contribution in [0.4, 0.5) is 5.82 Å². The van der Waals surface area contributed by atoms with Crippen LogP contribution in [0.5, 0.6) is 5.75 Å². The van der Waals surface area contributed by atoms with E-state index in [2.05, 4.69) is 47.1 Å². The number of hydrogen-bond donors (Lipinski definition) is 2. The lowest BCUT2D eigenvalue weighted by atomic mass is 10.1. The zero-order valence-corrected chi connectivity index (χ0v) is 13.0. The Morgan fingerprint density at radius 2 is 2.11 bits per heavy atom. The van der Waals surface area contributed by atoms with E-state index in [1.54, 1.807) is 13.0 Å². The predicted octanol–water partition coefficient (Wildman–Crippen LogP) is 3.27. The summed E-state index contributed by atoms with van der Waals surface area (Å²) in [5.41, 5.74) is 1.15. The number of aromatic nitrogens is 2. The van der Waals surface area contributed by atoms with Crippen LogP contribution in [0.25, 0.3) is 0 Å². The van der Waals surface area contributed by atoms with E-state index < -0.39 is 0 Å². The molecule has 98 valence electrons. The SMILES string of the molecule is Cc1cc(O)ccc1C(=O)Nc1ncc(Br)nc1Br. The molecule has 0 aliphatic rings. The maximum absolute atomic E-state index is 12.1. The summed E-state index contributed by atoms with van der Waals surface area (Å²) in [6.45, 7) is 1.75. The monoisotopic (exact) mass is 385 g/mol. The Morgan fingerprint density at radius 1 is 1.37 bits per heavy atom. The zero-order chi connectivity index (χ0) is 14.0. The van der Waals surface area contributed by atoms with E-state index in [0.717, 1.165) is 0 Å². The molecule has 0 unspecified atom stereocenters. The van der Waals surface area contributed by atoms with E-state index >= 15 is 0 Å². The fraction of sp³-hybridized carbons (Fsp3) is 0.0833. The molecule has 0 radical (unpaired) electrons. The molecule has 2 N–H and O–H groups in total. The molecule has 5 nitrogen and oxygen atoms in total. The van der Waals surface area contributed by atoms with E-state index in [1.807, 2.05) is 0 Å². The minimum atomic E-state index is -0.310. The Balaban J connectivity index is 2.25. The van der Waals surface area contributed by atoms with Crippen molar-refractivity contribution in [2.75, 3.05) is 5.32 Å². The molecule has 0 atom stereocenters. The maximum atomic E-state index is 12.1.